The second-order valence-corrected chi connectivity index (χ2v) is 8.84. The lowest BCUT2D eigenvalue weighted by Gasteiger charge is -2.17. The van der Waals surface area contributed by atoms with Crippen molar-refractivity contribution in [2.45, 2.75) is 44.9 Å². The molecule has 0 aliphatic heterocycles. The zero-order chi connectivity index (χ0) is 18.7. The van der Waals surface area contributed by atoms with E-state index < -0.39 is 10.0 Å². The molecule has 25 heavy (non-hydrogen) atoms. The van der Waals surface area contributed by atoms with Gasteiger partial charge in [-0.1, -0.05) is 32.9 Å². The molecule has 0 amide bonds. The van der Waals surface area contributed by atoms with Crippen LogP contribution in [0.5, 0.6) is 0 Å². The number of anilines is 1. The highest BCUT2D eigenvalue weighted by atomic mass is 32.2. The summed E-state index contributed by atoms with van der Waals surface area (Å²) in [6.45, 7) is 10.5. The molecular weight excluding hydrogens is 336 g/mol. The molecule has 0 spiro atoms. The lowest BCUT2D eigenvalue weighted by Crippen LogP contribution is -2.29. The van der Waals surface area contributed by atoms with E-state index in [1.165, 1.54) is 0 Å². The van der Waals surface area contributed by atoms with E-state index in [-0.39, 0.29) is 12.0 Å². The van der Waals surface area contributed by atoms with Crippen LogP contribution < -0.4 is 10.0 Å². The van der Waals surface area contributed by atoms with Gasteiger partial charge in [0.2, 0.25) is 10.0 Å². The molecular formula is C18H26N4O2S. The van der Waals surface area contributed by atoms with Crippen molar-refractivity contribution in [1.29, 1.82) is 0 Å². The largest absolute Gasteiger partial charge is 0.369 e. The van der Waals surface area contributed by atoms with E-state index in [1.54, 1.807) is 25.3 Å². The Morgan fingerprint density at radius 3 is 2.48 bits per heavy atom. The van der Waals surface area contributed by atoms with Crippen LogP contribution in [0, 0.1) is 13.8 Å². The summed E-state index contributed by atoms with van der Waals surface area (Å²) < 4.78 is 27.5. The van der Waals surface area contributed by atoms with Crippen LogP contribution >= 0.6 is 0 Å². The van der Waals surface area contributed by atoms with Crippen molar-refractivity contribution >= 4 is 15.8 Å². The number of nitrogens with zero attached hydrogens (tertiary/aromatic N) is 2. The number of rotatable bonds is 6. The summed E-state index contributed by atoms with van der Waals surface area (Å²) in [5, 5.41) is 3.13. The molecule has 1 aromatic carbocycles. The number of nitrogens with one attached hydrogen (secondary N) is 2. The van der Waals surface area contributed by atoms with Gasteiger partial charge in [0.1, 0.15) is 11.6 Å². The van der Waals surface area contributed by atoms with Gasteiger partial charge in [-0.25, -0.2) is 23.1 Å². The summed E-state index contributed by atoms with van der Waals surface area (Å²) in [5.41, 5.74) is 1.51. The van der Waals surface area contributed by atoms with Crippen molar-refractivity contribution in [2.75, 3.05) is 18.4 Å². The van der Waals surface area contributed by atoms with Crippen LogP contribution in [0.1, 0.15) is 37.7 Å². The normalized spacial score (nSPS) is 12.2. The van der Waals surface area contributed by atoms with E-state index in [4.69, 9.17) is 0 Å². The maximum atomic E-state index is 12.4. The first-order chi connectivity index (χ1) is 11.6. The van der Waals surface area contributed by atoms with Crippen LogP contribution in [0.3, 0.4) is 0 Å². The summed E-state index contributed by atoms with van der Waals surface area (Å²) in [7, 11) is -3.52. The molecule has 0 atom stereocenters. The minimum Gasteiger partial charge on any atom is -0.369 e. The topological polar surface area (TPSA) is 84.0 Å². The van der Waals surface area contributed by atoms with Crippen LogP contribution in [0.4, 0.5) is 5.82 Å². The third-order valence-corrected chi connectivity index (χ3v) is 5.29. The summed E-state index contributed by atoms with van der Waals surface area (Å²) >= 11 is 0. The van der Waals surface area contributed by atoms with Crippen molar-refractivity contribution in [3.05, 3.63) is 47.4 Å². The van der Waals surface area contributed by atoms with Gasteiger partial charge < -0.3 is 5.32 Å². The highest BCUT2D eigenvalue weighted by Crippen LogP contribution is 2.19. The van der Waals surface area contributed by atoms with E-state index in [9.17, 15) is 8.42 Å². The second kappa shape index (κ2) is 7.49. The molecule has 2 aromatic rings. The lowest BCUT2D eigenvalue weighted by atomic mass is 9.96. The quantitative estimate of drug-likeness (QED) is 0.772. The first-order valence-electron chi connectivity index (χ1n) is 8.24. The first-order valence-corrected chi connectivity index (χ1v) is 9.72. The average molecular weight is 362 g/mol. The molecule has 0 radical (unpaired) electrons. The highest BCUT2D eigenvalue weighted by Gasteiger charge is 2.18. The minimum absolute atomic E-state index is 0.137. The molecule has 1 aromatic heterocycles. The van der Waals surface area contributed by atoms with Gasteiger partial charge in [-0.2, -0.15) is 0 Å². The summed E-state index contributed by atoms with van der Waals surface area (Å²) in [6.07, 6.45) is 1.70. The van der Waals surface area contributed by atoms with E-state index in [2.05, 4.69) is 20.0 Å². The SMILES string of the molecule is Cc1ccc(C)c(S(=O)(=O)NCCNc2ccnc(C(C)(C)C)n2)c1. The zero-order valence-electron chi connectivity index (χ0n) is 15.4. The van der Waals surface area contributed by atoms with Gasteiger partial charge in [-0.05, 0) is 37.1 Å². The molecule has 2 N–H and O–H groups in total. The average Bonchev–Trinajstić information content (AvgIpc) is 2.53. The number of aromatic nitrogens is 2. The lowest BCUT2D eigenvalue weighted by molar-refractivity contribution is 0.546. The van der Waals surface area contributed by atoms with Gasteiger partial charge >= 0.3 is 0 Å². The first kappa shape index (κ1) is 19.3. The van der Waals surface area contributed by atoms with Gasteiger partial charge in [0, 0.05) is 24.7 Å². The fraction of sp³-hybridized carbons (Fsp3) is 0.444. The fourth-order valence-electron chi connectivity index (χ4n) is 2.27. The van der Waals surface area contributed by atoms with Gasteiger partial charge in [-0.3, -0.25) is 0 Å². The Labute approximate surface area is 150 Å². The van der Waals surface area contributed by atoms with Crippen LogP contribution in [0.25, 0.3) is 0 Å². The number of benzene rings is 1. The molecule has 0 saturated heterocycles. The summed E-state index contributed by atoms with van der Waals surface area (Å²) in [4.78, 5) is 9.06. The van der Waals surface area contributed by atoms with Crippen LogP contribution in [0.2, 0.25) is 0 Å². The van der Waals surface area contributed by atoms with E-state index in [0.717, 1.165) is 17.0 Å². The molecule has 2 rings (SSSR count). The molecule has 0 saturated carbocycles. The Hall–Kier alpha value is -1.99. The third-order valence-electron chi connectivity index (χ3n) is 3.68. The van der Waals surface area contributed by atoms with Crippen molar-refractivity contribution in [1.82, 2.24) is 14.7 Å². The molecule has 7 heteroatoms. The Morgan fingerprint density at radius 1 is 1.08 bits per heavy atom. The Kier molecular flexibility index (Phi) is 5.80. The van der Waals surface area contributed by atoms with Crippen molar-refractivity contribution in [2.24, 2.45) is 0 Å². The van der Waals surface area contributed by atoms with Crippen molar-refractivity contribution < 1.29 is 8.42 Å². The summed E-state index contributed by atoms with van der Waals surface area (Å²) in [6, 6.07) is 7.18. The van der Waals surface area contributed by atoms with Gasteiger partial charge in [0.15, 0.2) is 0 Å². The van der Waals surface area contributed by atoms with Crippen LogP contribution in [-0.4, -0.2) is 31.5 Å². The predicted octanol–water partition coefficient (Wildman–Crippen LogP) is 2.78. The standard InChI is InChI=1S/C18H26N4O2S/c1-13-6-7-14(2)15(12-13)25(23,24)21-11-10-19-16-8-9-20-17(22-16)18(3,4)5/h6-9,12,21H,10-11H2,1-5H3,(H,19,20,22). The number of hydrogen-bond acceptors (Lipinski definition) is 5. The van der Waals surface area contributed by atoms with Gasteiger partial charge in [0.05, 0.1) is 4.90 Å². The van der Waals surface area contributed by atoms with Crippen molar-refractivity contribution in [3.8, 4) is 0 Å². The molecule has 136 valence electrons. The predicted molar refractivity (Wildman–Crippen MR) is 100 cm³/mol. The maximum Gasteiger partial charge on any atom is 0.240 e. The monoisotopic (exact) mass is 362 g/mol. The Bertz CT molecular complexity index is 842. The molecule has 0 bridgehead atoms. The van der Waals surface area contributed by atoms with Gasteiger partial charge in [-0.15, -0.1) is 0 Å². The smallest absolute Gasteiger partial charge is 0.240 e. The zero-order valence-corrected chi connectivity index (χ0v) is 16.2. The molecule has 0 aliphatic carbocycles. The summed E-state index contributed by atoms with van der Waals surface area (Å²) in [5.74, 6) is 1.43. The second-order valence-electron chi connectivity index (χ2n) is 7.11. The van der Waals surface area contributed by atoms with E-state index in [1.807, 2.05) is 39.8 Å². The van der Waals surface area contributed by atoms with E-state index in [0.29, 0.717) is 17.3 Å². The number of aryl methyl sites for hydroxylation is 2. The molecule has 0 fully saturated rings. The number of hydrogen-bond donors (Lipinski definition) is 2. The van der Waals surface area contributed by atoms with Crippen molar-refractivity contribution in [3.63, 3.8) is 0 Å². The maximum absolute atomic E-state index is 12.4. The van der Waals surface area contributed by atoms with Gasteiger partial charge in [0.25, 0.3) is 0 Å². The Balaban J connectivity index is 1.96. The highest BCUT2D eigenvalue weighted by molar-refractivity contribution is 7.89. The van der Waals surface area contributed by atoms with E-state index >= 15 is 0 Å². The molecule has 1 heterocycles. The molecule has 6 nitrogen and oxygen atoms in total. The molecule has 0 unspecified atom stereocenters. The third kappa shape index (κ3) is 5.24. The Morgan fingerprint density at radius 2 is 1.80 bits per heavy atom. The van der Waals surface area contributed by atoms with Crippen LogP contribution in [0.15, 0.2) is 35.4 Å². The number of sulfonamides is 1. The molecule has 0 aliphatic rings. The van der Waals surface area contributed by atoms with Crippen LogP contribution in [-0.2, 0) is 15.4 Å². The fourth-order valence-corrected chi connectivity index (χ4v) is 3.63. The minimum atomic E-state index is -3.52.